The molecule has 0 saturated heterocycles. The molecular weight excluding hydrogens is 116 g/mol. The SMILES string of the molecule is CC=CC=C[SiH2][SiH3]. The average molecular weight is 128 g/mol. The summed E-state index contributed by atoms with van der Waals surface area (Å²) in [7, 11) is 1.72. The summed E-state index contributed by atoms with van der Waals surface area (Å²) in [5.74, 6) is 0. The van der Waals surface area contributed by atoms with E-state index in [9.17, 15) is 0 Å². The van der Waals surface area contributed by atoms with E-state index in [-0.39, 0.29) is 0 Å². The summed E-state index contributed by atoms with van der Waals surface area (Å²) in [5.41, 5.74) is 2.33. The molecule has 0 aromatic rings. The first-order valence-corrected chi connectivity index (χ1v) is 9.17. The van der Waals surface area contributed by atoms with Crippen molar-refractivity contribution in [2.24, 2.45) is 0 Å². The quantitative estimate of drug-likeness (QED) is 0.348. The van der Waals surface area contributed by atoms with Gasteiger partial charge in [0.05, 0.1) is 0 Å². The van der Waals surface area contributed by atoms with E-state index in [0.717, 1.165) is 0 Å². The first kappa shape index (κ1) is 6.91. The van der Waals surface area contributed by atoms with E-state index < -0.39 is 0 Å². The van der Waals surface area contributed by atoms with E-state index in [2.05, 4.69) is 23.9 Å². The summed E-state index contributed by atoms with van der Waals surface area (Å²) in [5, 5.41) is 0. The molecular formula is C5H12Si2. The molecule has 7 heavy (non-hydrogen) atoms. The normalized spacial score (nSPS) is 13.9. The predicted molar refractivity (Wildman–Crippen MR) is 42.4 cm³/mol. The highest BCUT2D eigenvalue weighted by Gasteiger charge is 1.59. The average Bonchev–Trinajstić information content (AvgIpc) is 1.69. The van der Waals surface area contributed by atoms with Crippen LogP contribution in [0.15, 0.2) is 23.9 Å². The number of rotatable bonds is 2. The fourth-order valence-electron chi connectivity index (χ4n) is 0.326. The van der Waals surface area contributed by atoms with Crippen LogP contribution in [0.3, 0.4) is 0 Å². The Morgan fingerprint density at radius 2 is 2.14 bits per heavy atom. The smallest absolute Gasteiger partial charge is 0.0292 e. The highest BCUT2D eigenvalue weighted by atomic mass is 29.1. The van der Waals surface area contributed by atoms with Gasteiger partial charge in [-0.1, -0.05) is 18.2 Å². The second-order valence-corrected chi connectivity index (χ2v) is 5.10. The number of hydrogen-bond acceptors (Lipinski definition) is 0. The lowest BCUT2D eigenvalue weighted by Gasteiger charge is -1.69. The summed E-state index contributed by atoms with van der Waals surface area (Å²) in [6.45, 7) is 2.04. The fraction of sp³-hybridized carbons (Fsp3) is 0.200. The van der Waals surface area contributed by atoms with Gasteiger partial charge in [0.2, 0.25) is 0 Å². The maximum atomic E-state index is 2.33. The van der Waals surface area contributed by atoms with Gasteiger partial charge in [-0.3, -0.25) is 0 Å². The van der Waals surface area contributed by atoms with E-state index in [1.807, 2.05) is 6.92 Å². The van der Waals surface area contributed by atoms with E-state index >= 15 is 0 Å². The molecule has 40 valence electrons. The maximum absolute atomic E-state index is 2.33. The summed E-state index contributed by atoms with van der Waals surface area (Å²) in [6, 6.07) is 0. The van der Waals surface area contributed by atoms with Crippen molar-refractivity contribution < 1.29 is 0 Å². The fourth-order valence-corrected chi connectivity index (χ4v) is 1.57. The first-order valence-electron chi connectivity index (χ1n) is 2.69. The van der Waals surface area contributed by atoms with Crippen LogP contribution in [0, 0.1) is 0 Å². The first-order chi connectivity index (χ1) is 3.41. The minimum atomic E-state index is 0.301. The Morgan fingerprint density at radius 3 is 2.57 bits per heavy atom. The van der Waals surface area contributed by atoms with Gasteiger partial charge in [-0.15, -0.1) is 5.70 Å². The molecule has 0 aliphatic carbocycles. The lowest BCUT2D eigenvalue weighted by molar-refractivity contribution is 1.74. The third-order valence-electron chi connectivity index (χ3n) is 0.675. The van der Waals surface area contributed by atoms with Gasteiger partial charge >= 0.3 is 0 Å². The molecule has 0 aliphatic rings. The molecule has 0 spiro atoms. The zero-order valence-electron chi connectivity index (χ0n) is 5.02. The lowest BCUT2D eigenvalue weighted by atomic mass is 10.5. The molecule has 0 atom stereocenters. The van der Waals surface area contributed by atoms with Gasteiger partial charge in [-0.05, 0) is 16.7 Å². The largest absolute Gasteiger partial charge is 0.105 e. The van der Waals surface area contributed by atoms with Crippen molar-refractivity contribution in [2.75, 3.05) is 0 Å². The van der Waals surface area contributed by atoms with Crippen LogP contribution < -0.4 is 0 Å². The summed E-state index contributed by atoms with van der Waals surface area (Å²) in [6.07, 6.45) is 6.30. The molecule has 0 amide bonds. The zero-order chi connectivity index (χ0) is 5.54. The molecule has 0 heterocycles. The van der Waals surface area contributed by atoms with Crippen molar-refractivity contribution in [3.8, 4) is 0 Å². The summed E-state index contributed by atoms with van der Waals surface area (Å²) >= 11 is 0. The third-order valence-corrected chi connectivity index (χ3v) is 2.83. The minimum absolute atomic E-state index is 0.301. The molecule has 0 aromatic heterocycles. The van der Waals surface area contributed by atoms with Crippen LogP contribution in [0.1, 0.15) is 6.92 Å². The third kappa shape index (κ3) is 5.91. The highest BCUT2D eigenvalue weighted by molar-refractivity contribution is 6.92. The monoisotopic (exact) mass is 128 g/mol. The molecule has 0 rings (SSSR count). The van der Waals surface area contributed by atoms with Crippen molar-refractivity contribution in [3.63, 3.8) is 0 Å². The standard InChI is InChI=1S/C5H12Si2/c1-2-3-4-5-7-6/h2-5H,7H2,1,6H3. The number of allylic oxidation sites excluding steroid dienone is 3. The lowest BCUT2D eigenvalue weighted by Crippen LogP contribution is -1.76. The predicted octanol–water partition coefficient (Wildman–Crippen LogP) is -0.475. The minimum Gasteiger partial charge on any atom is -0.105 e. The molecule has 0 bridgehead atoms. The number of hydrogen-bond donors (Lipinski definition) is 0. The second-order valence-electron chi connectivity index (χ2n) is 1.36. The van der Waals surface area contributed by atoms with E-state index in [4.69, 9.17) is 0 Å². The summed E-state index contributed by atoms with van der Waals surface area (Å²) in [4.78, 5) is 0. The van der Waals surface area contributed by atoms with Crippen LogP contribution in [0.5, 0.6) is 0 Å². The molecule has 0 unspecified atom stereocenters. The molecule has 0 radical (unpaired) electrons. The molecule has 0 saturated carbocycles. The van der Waals surface area contributed by atoms with E-state index in [1.54, 1.807) is 0 Å². The Kier molecular flexibility index (Phi) is 5.84. The highest BCUT2D eigenvalue weighted by Crippen LogP contribution is 1.71. The van der Waals surface area contributed by atoms with Crippen molar-refractivity contribution in [2.45, 2.75) is 6.92 Å². The van der Waals surface area contributed by atoms with E-state index in [1.165, 1.54) is 9.76 Å². The van der Waals surface area contributed by atoms with Crippen LogP contribution in [-0.4, -0.2) is 18.8 Å². The van der Waals surface area contributed by atoms with Gasteiger partial charge in [-0.25, -0.2) is 0 Å². The Labute approximate surface area is 50.4 Å². The maximum Gasteiger partial charge on any atom is 0.0292 e. The van der Waals surface area contributed by atoms with Gasteiger partial charge < -0.3 is 0 Å². The van der Waals surface area contributed by atoms with Gasteiger partial charge in [0.25, 0.3) is 0 Å². The molecule has 0 aromatic carbocycles. The van der Waals surface area contributed by atoms with Crippen molar-refractivity contribution in [1.29, 1.82) is 0 Å². The van der Waals surface area contributed by atoms with Crippen molar-refractivity contribution >= 4 is 18.8 Å². The molecule has 2 heteroatoms. The van der Waals surface area contributed by atoms with Crippen LogP contribution in [0.4, 0.5) is 0 Å². The van der Waals surface area contributed by atoms with Gasteiger partial charge in [-0.2, -0.15) is 0 Å². The van der Waals surface area contributed by atoms with Gasteiger partial charge in [0.15, 0.2) is 0 Å². The van der Waals surface area contributed by atoms with Crippen LogP contribution in [-0.2, 0) is 0 Å². The van der Waals surface area contributed by atoms with Crippen molar-refractivity contribution in [1.82, 2.24) is 0 Å². The van der Waals surface area contributed by atoms with Gasteiger partial charge in [0, 0.05) is 9.04 Å². The Morgan fingerprint density at radius 1 is 1.43 bits per heavy atom. The Bertz CT molecular complexity index is 74.1. The van der Waals surface area contributed by atoms with Gasteiger partial charge in [0.1, 0.15) is 0 Å². The molecule has 0 fully saturated rings. The van der Waals surface area contributed by atoms with Crippen LogP contribution in [0.2, 0.25) is 0 Å². The van der Waals surface area contributed by atoms with E-state index in [0.29, 0.717) is 9.04 Å². The second kappa shape index (κ2) is 5.91. The molecule has 0 aliphatic heterocycles. The van der Waals surface area contributed by atoms with Crippen molar-refractivity contribution in [3.05, 3.63) is 23.9 Å². The van der Waals surface area contributed by atoms with Crippen LogP contribution >= 0.6 is 0 Å². The topological polar surface area (TPSA) is 0 Å². The zero-order valence-corrected chi connectivity index (χ0v) is 8.43. The summed E-state index contributed by atoms with van der Waals surface area (Å²) < 4.78 is 0. The Balaban J connectivity index is 3.09. The molecule has 0 nitrogen and oxygen atoms in total. The Hall–Kier alpha value is -0.0862. The van der Waals surface area contributed by atoms with Crippen LogP contribution in [0.25, 0.3) is 0 Å². The molecule has 0 N–H and O–H groups in total.